The number of nitrogens with zero attached hydrogens (tertiary/aromatic N) is 2. The van der Waals surface area contributed by atoms with E-state index in [0.29, 0.717) is 5.15 Å². The fraction of sp³-hybridized carbons (Fsp3) is 0.733. The molecular formula is C15H26ClN3. The van der Waals surface area contributed by atoms with E-state index in [1.54, 1.807) is 0 Å². The Hall–Kier alpha value is -0.830. The van der Waals surface area contributed by atoms with Crippen molar-refractivity contribution in [2.75, 3.05) is 5.32 Å². The summed E-state index contributed by atoms with van der Waals surface area (Å²) in [6.07, 6.45) is 3.20. The number of hydrogen-bond acceptors (Lipinski definition) is 3. The van der Waals surface area contributed by atoms with Crippen molar-refractivity contribution in [2.24, 2.45) is 0 Å². The van der Waals surface area contributed by atoms with E-state index in [2.05, 4.69) is 49.9 Å². The third-order valence-corrected chi connectivity index (χ3v) is 4.40. The maximum atomic E-state index is 6.23. The van der Waals surface area contributed by atoms with Gasteiger partial charge in [0, 0.05) is 17.0 Å². The van der Waals surface area contributed by atoms with E-state index in [4.69, 9.17) is 11.6 Å². The van der Waals surface area contributed by atoms with Crippen LogP contribution < -0.4 is 5.32 Å². The molecule has 0 saturated carbocycles. The number of aromatic nitrogens is 2. The van der Waals surface area contributed by atoms with Crippen LogP contribution >= 0.6 is 11.6 Å². The highest BCUT2D eigenvalue weighted by atomic mass is 35.5. The number of hydrogen-bond donors (Lipinski definition) is 1. The Morgan fingerprint density at radius 2 is 1.63 bits per heavy atom. The van der Waals surface area contributed by atoms with Crippen molar-refractivity contribution in [1.82, 2.24) is 9.97 Å². The van der Waals surface area contributed by atoms with Crippen LogP contribution in [0.4, 0.5) is 5.82 Å². The lowest BCUT2D eigenvalue weighted by Crippen LogP contribution is -2.37. The highest BCUT2D eigenvalue weighted by Gasteiger charge is 2.25. The molecule has 0 spiro atoms. The Morgan fingerprint density at radius 3 is 2.05 bits per heavy atom. The van der Waals surface area contributed by atoms with E-state index in [1.165, 1.54) is 0 Å². The lowest BCUT2D eigenvalue weighted by atomic mass is 9.89. The first-order valence-electron chi connectivity index (χ1n) is 7.21. The van der Waals surface area contributed by atoms with Crippen LogP contribution in [0.1, 0.15) is 71.2 Å². The van der Waals surface area contributed by atoms with Gasteiger partial charge in [0.2, 0.25) is 0 Å². The van der Waals surface area contributed by atoms with Crippen LogP contribution in [-0.4, -0.2) is 15.5 Å². The number of rotatable bonds is 6. The van der Waals surface area contributed by atoms with Gasteiger partial charge in [-0.3, -0.25) is 0 Å². The fourth-order valence-electron chi connectivity index (χ4n) is 2.15. The average Bonchev–Trinajstić information content (AvgIpc) is 2.40. The van der Waals surface area contributed by atoms with Crippen molar-refractivity contribution in [2.45, 2.75) is 72.3 Å². The third-order valence-electron chi connectivity index (χ3n) is 4.03. The predicted molar refractivity (Wildman–Crippen MR) is 83.1 cm³/mol. The molecule has 0 radical (unpaired) electrons. The quantitative estimate of drug-likeness (QED) is 0.751. The summed E-state index contributed by atoms with van der Waals surface area (Å²) in [5.74, 6) is 1.96. The van der Waals surface area contributed by atoms with Gasteiger partial charge in [-0.05, 0) is 26.2 Å². The SMILES string of the molecule is CCC(CC)(CC)Nc1nc(C(C)C)nc(Cl)c1C. The summed E-state index contributed by atoms with van der Waals surface area (Å²) in [5, 5.41) is 4.16. The standard InChI is InChI=1S/C15H26ClN3/c1-7-15(8-2,9-3)19-14-11(6)12(16)17-13(18-14)10(4)5/h10H,7-9H2,1-6H3,(H,17,18,19). The zero-order chi connectivity index (χ0) is 14.6. The fourth-order valence-corrected chi connectivity index (χ4v) is 2.33. The second kappa shape index (κ2) is 6.56. The Kier molecular flexibility index (Phi) is 5.60. The van der Waals surface area contributed by atoms with E-state index in [-0.39, 0.29) is 11.5 Å². The molecule has 0 aliphatic rings. The van der Waals surface area contributed by atoms with E-state index < -0.39 is 0 Å². The summed E-state index contributed by atoms with van der Waals surface area (Å²) in [7, 11) is 0. The Labute approximate surface area is 122 Å². The van der Waals surface area contributed by atoms with Crippen molar-refractivity contribution in [3.05, 3.63) is 16.5 Å². The maximum Gasteiger partial charge on any atom is 0.137 e. The van der Waals surface area contributed by atoms with Crippen LogP contribution in [0.15, 0.2) is 0 Å². The van der Waals surface area contributed by atoms with Crippen molar-refractivity contribution < 1.29 is 0 Å². The lowest BCUT2D eigenvalue weighted by Gasteiger charge is -2.33. The monoisotopic (exact) mass is 283 g/mol. The molecule has 1 N–H and O–H groups in total. The van der Waals surface area contributed by atoms with Crippen LogP contribution in [0.5, 0.6) is 0 Å². The van der Waals surface area contributed by atoms with Crippen molar-refractivity contribution in [3.8, 4) is 0 Å². The van der Waals surface area contributed by atoms with Gasteiger partial charge in [0.05, 0.1) is 0 Å². The van der Waals surface area contributed by atoms with Crippen LogP contribution in [0.3, 0.4) is 0 Å². The minimum atomic E-state index is 0.0939. The Morgan fingerprint density at radius 1 is 1.11 bits per heavy atom. The van der Waals surface area contributed by atoms with Crippen molar-refractivity contribution >= 4 is 17.4 Å². The van der Waals surface area contributed by atoms with Gasteiger partial charge < -0.3 is 5.32 Å². The molecule has 0 aliphatic heterocycles. The molecule has 1 aromatic heterocycles. The zero-order valence-electron chi connectivity index (χ0n) is 13.0. The van der Waals surface area contributed by atoms with Gasteiger partial charge in [0.1, 0.15) is 16.8 Å². The molecule has 108 valence electrons. The lowest BCUT2D eigenvalue weighted by molar-refractivity contribution is 0.418. The summed E-state index contributed by atoms with van der Waals surface area (Å²) in [6, 6.07) is 0. The highest BCUT2D eigenvalue weighted by Crippen LogP contribution is 2.29. The van der Waals surface area contributed by atoms with Crippen molar-refractivity contribution in [1.29, 1.82) is 0 Å². The molecule has 0 unspecified atom stereocenters. The normalized spacial score (nSPS) is 12.0. The van der Waals surface area contributed by atoms with E-state index in [9.17, 15) is 0 Å². The van der Waals surface area contributed by atoms with E-state index in [1.807, 2.05) is 6.92 Å². The number of nitrogens with one attached hydrogen (secondary N) is 1. The van der Waals surface area contributed by atoms with Crippen LogP contribution in [0, 0.1) is 6.92 Å². The number of anilines is 1. The first-order valence-corrected chi connectivity index (χ1v) is 7.59. The minimum absolute atomic E-state index is 0.0939. The Bertz CT molecular complexity index is 417. The molecule has 3 nitrogen and oxygen atoms in total. The number of halogens is 1. The minimum Gasteiger partial charge on any atom is -0.364 e. The van der Waals surface area contributed by atoms with Crippen LogP contribution in [0.2, 0.25) is 5.15 Å². The molecule has 1 rings (SSSR count). The second-order valence-electron chi connectivity index (χ2n) is 5.47. The molecule has 0 atom stereocenters. The van der Waals surface area contributed by atoms with Crippen LogP contribution in [-0.2, 0) is 0 Å². The molecule has 4 heteroatoms. The summed E-state index contributed by atoms with van der Waals surface area (Å²) < 4.78 is 0. The summed E-state index contributed by atoms with van der Waals surface area (Å²) >= 11 is 6.23. The van der Waals surface area contributed by atoms with Gasteiger partial charge in [0.15, 0.2) is 0 Å². The molecule has 1 heterocycles. The van der Waals surface area contributed by atoms with Gasteiger partial charge in [-0.2, -0.15) is 0 Å². The summed E-state index contributed by atoms with van der Waals surface area (Å²) in [5.41, 5.74) is 1.03. The molecule has 0 fully saturated rings. The van der Waals surface area contributed by atoms with Gasteiger partial charge in [-0.25, -0.2) is 9.97 Å². The molecule has 0 aromatic carbocycles. The molecule has 1 aromatic rings. The first-order chi connectivity index (χ1) is 8.89. The molecule has 0 saturated heterocycles. The predicted octanol–water partition coefficient (Wildman–Crippen LogP) is 4.94. The molecule has 0 aliphatic carbocycles. The third kappa shape index (κ3) is 3.59. The van der Waals surface area contributed by atoms with Gasteiger partial charge in [-0.1, -0.05) is 46.2 Å². The molecule has 0 bridgehead atoms. The zero-order valence-corrected chi connectivity index (χ0v) is 13.7. The second-order valence-corrected chi connectivity index (χ2v) is 5.82. The average molecular weight is 284 g/mol. The molecule has 19 heavy (non-hydrogen) atoms. The van der Waals surface area contributed by atoms with Crippen LogP contribution in [0.25, 0.3) is 0 Å². The largest absolute Gasteiger partial charge is 0.364 e. The smallest absolute Gasteiger partial charge is 0.137 e. The van der Waals surface area contributed by atoms with Gasteiger partial charge >= 0.3 is 0 Å². The molecule has 0 amide bonds. The van der Waals surface area contributed by atoms with Gasteiger partial charge in [0.25, 0.3) is 0 Å². The maximum absolute atomic E-state index is 6.23. The summed E-state index contributed by atoms with van der Waals surface area (Å²) in [4.78, 5) is 9.01. The van der Waals surface area contributed by atoms with E-state index in [0.717, 1.165) is 36.5 Å². The topological polar surface area (TPSA) is 37.8 Å². The van der Waals surface area contributed by atoms with Gasteiger partial charge in [-0.15, -0.1) is 0 Å². The summed E-state index contributed by atoms with van der Waals surface area (Å²) in [6.45, 7) is 12.8. The molecular weight excluding hydrogens is 258 g/mol. The van der Waals surface area contributed by atoms with E-state index >= 15 is 0 Å². The van der Waals surface area contributed by atoms with Crippen molar-refractivity contribution in [3.63, 3.8) is 0 Å². The highest BCUT2D eigenvalue weighted by molar-refractivity contribution is 6.30. The first kappa shape index (κ1) is 16.2. The Balaban J connectivity index is 3.19.